The van der Waals surface area contributed by atoms with Crippen LogP contribution in [0.3, 0.4) is 0 Å². The van der Waals surface area contributed by atoms with Crippen LogP contribution in [0.25, 0.3) is 0 Å². The molecule has 8 heteroatoms. The Kier molecular flexibility index (Phi) is 13.9. The lowest BCUT2D eigenvalue weighted by Gasteiger charge is -2.35. The first-order chi connectivity index (χ1) is 17.1. The maximum atomic E-state index is 13.5. The Balaban J connectivity index is 0.00000241. The Bertz CT molecular complexity index is 975. The van der Waals surface area contributed by atoms with Crippen LogP contribution in [0.2, 0.25) is 0 Å². The molecular formula is C29H36Cl2F2N2OS. The van der Waals surface area contributed by atoms with E-state index in [4.69, 9.17) is 0 Å². The number of hydrogen-bond donors (Lipinski definition) is 1. The topological polar surface area (TPSA) is 26.7 Å². The van der Waals surface area contributed by atoms with Crippen molar-refractivity contribution in [2.75, 3.05) is 45.0 Å². The largest absolute Gasteiger partial charge is 0.391 e. The molecule has 1 N–H and O–H groups in total. The average Bonchev–Trinajstić information content (AvgIpc) is 2.88. The first-order valence-electron chi connectivity index (χ1n) is 12.4. The van der Waals surface area contributed by atoms with Crippen LogP contribution in [0.5, 0.6) is 0 Å². The van der Waals surface area contributed by atoms with Crippen LogP contribution in [0.15, 0.2) is 83.8 Å². The van der Waals surface area contributed by atoms with Crippen molar-refractivity contribution in [3.8, 4) is 0 Å². The van der Waals surface area contributed by atoms with E-state index in [-0.39, 0.29) is 48.5 Å². The quantitative estimate of drug-likeness (QED) is 0.267. The summed E-state index contributed by atoms with van der Waals surface area (Å²) in [6.07, 6.45) is 1.60. The summed E-state index contributed by atoms with van der Waals surface area (Å²) in [6, 6.07) is 23.5. The molecule has 1 saturated heterocycles. The standard InChI is InChI=1S/C29H34F2N2OS.2ClH/c30-25-12-8-23(9-13-25)29(24-10-14-26(31)15-11-24)7-4-16-32-17-19-33(20-18-32)21-27(34)22-35-28-5-2-1-3-6-28;;/h1-3,5-6,8-15,27,29,34H,4,7,16-22H2;2*1H. The maximum absolute atomic E-state index is 13.5. The van der Waals surface area contributed by atoms with Gasteiger partial charge in [0.05, 0.1) is 6.10 Å². The second-order valence-electron chi connectivity index (χ2n) is 9.22. The van der Waals surface area contributed by atoms with Gasteiger partial charge in [0.15, 0.2) is 0 Å². The molecule has 0 radical (unpaired) electrons. The van der Waals surface area contributed by atoms with Crippen molar-refractivity contribution in [1.82, 2.24) is 9.80 Å². The minimum atomic E-state index is -0.334. The van der Waals surface area contributed by atoms with Crippen LogP contribution in [0, 0.1) is 11.6 Å². The molecule has 4 rings (SSSR count). The highest BCUT2D eigenvalue weighted by Crippen LogP contribution is 2.30. The van der Waals surface area contributed by atoms with E-state index in [0.29, 0.717) is 12.3 Å². The van der Waals surface area contributed by atoms with Crippen LogP contribution in [0.1, 0.15) is 29.9 Å². The molecule has 0 saturated carbocycles. The first-order valence-corrected chi connectivity index (χ1v) is 13.4. The van der Waals surface area contributed by atoms with Gasteiger partial charge in [-0.3, -0.25) is 4.90 Å². The summed E-state index contributed by atoms with van der Waals surface area (Å²) in [5, 5.41) is 10.5. The summed E-state index contributed by atoms with van der Waals surface area (Å²) in [5.74, 6) is 0.342. The number of hydrogen-bond acceptors (Lipinski definition) is 4. The molecule has 1 unspecified atom stereocenters. The number of aliphatic hydroxyl groups excluding tert-OH is 1. The summed E-state index contributed by atoms with van der Waals surface area (Å²) in [5.41, 5.74) is 2.12. The molecule has 0 aromatic heterocycles. The number of rotatable bonds is 11. The molecule has 0 amide bonds. The molecule has 1 atom stereocenters. The lowest BCUT2D eigenvalue weighted by molar-refractivity contribution is 0.0819. The smallest absolute Gasteiger partial charge is 0.123 e. The van der Waals surface area contributed by atoms with E-state index in [2.05, 4.69) is 21.9 Å². The van der Waals surface area contributed by atoms with E-state index >= 15 is 0 Å². The summed E-state index contributed by atoms with van der Waals surface area (Å²) in [4.78, 5) is 6.02. The summed E-state index contributed by atoms with van der Waals surface area (Å²) in [7, 11) is 0. The normalized spacial score (nSPS) is 15.1. The highest BCUT2D eigenvalue weighted by atomic mass is 35.5. The van der Waals surface area contributed by atoms with Gasteiger partial charge in [-0.2, -0.15) is 0 Å². The molecule has 0 aliphatic carbocycles. The van der Waals surface area contributed by atoms with Crippen molar-refractivity contribution in [3.05, 3.63) is 102 Å². The van der Waals surface area contributed by atoms with Crippen LogP contribution in [-0.2, 0) is 0 Å². The van der Waals surface area contributed by atoms with Gasteiger partial charge in [-0.05, 0) is 66.9 Å². The van der Waals surface area contributed by atoms with Gasteiger partial charge in [0.1, 0.15) is 11.6 Å². The molecule has 1 fully saturated rings. The Morgan fingerprint density at radius 2 is 1.24 bits per heavy atom. The number of thioether (sulfide) groups is 1. The van der Waals surface area contributed by atoms with Crippen molar-refractivity contribution in [1.29, 1.82) is 0 Å². The fraction of sp³-hybridized carbons (Fsp3) is 0.379. The number of piperazine rings is 1. The number of benzene rings is 3. The summed E-state index contributed by atoms with van der Waals surface area (Å²) < 4.78 is 26.9. The second-order valence-corrected chi connectivity index (χ2v) is 10.3. The average molecular weight is 570 g/mol. The van der Waals surface area contributed by atoms with Crippen molar-refractivity contribution in [2.24, 2.45) is 0 Å². The van der Waals surface area contributed by atoms with Gasteiger partial charge in [0.2, 0.25) is 0 Å². The minimum Gasteiger partial charge on any atom is -0.391 e. The Morgan fingerprint density at radius 3 is 1.78 bits per heavy atom. The number of β-amino-alcohol motifs (C(OH)–C–C–N with tert-alkyl or cyclic N) is 1. The molecule has 3 nitrogen and oxygen atoms in total. The third kappa shape index (κ3) is 10.2. The zero-order chi connectivity index (χ0) is 24.5. The Labute approximate surface area is 236 Å². The molecule has 202 valence electrons. The molecule has 0 spiro atoms. The predicted molar refractivity (Wildman–Crippen MR) is 154 cm³/mol. The van der Waals surface area contributed by atoms with Gasteiger partial charge in [0, 0.05) is 49.3 Å². The fourth-order valence-electron chi connectivity index (χ4n) is 4.69. The van der Waals surface area contributed by atoms with Crippen molar-refractivity contribution in [3.63, 3.8) is 0 Å². The fourth-order valence-corrected chi connectivity index (χ4v) is 5.53. The molecule has 0 bridgehead atoms. The van der Waals surface area contributed by atoms with E-state index < -0.39 is 0 Å². The van der Waals surface area contributed by atoms with Gasteiger partial charge in [0.25, 0.3) is 0 Å². The molecule has 1 aliphatic heterocycles. The summed E-state index contributed by atoms with van der Waals surface area (Å²) in [6.45, 7) is 5.63. The van der Waals surface area contributed by atoms with Crippen molar-refractivity contribution >= 4 is 36.6 Å². The first kappa shape index (κ1) is 31.5. The van der Waals surface area contributed by atoms with Crippen molar-refractivity contribution < 1.29 is 13.9 Å². The predicted octanol–water partition coefficient (Wildman–Crippen LogP) is 6.49. The van der Waals surface area contributed by atoms with Crippen LogP contribution in [-0.4, -0.2) is 66.0 Å². The lowest BCUT2D eigenvalue weighted by Crippen LogP contribution is -2.49. The van der Waals surface area contributed by atoms with Gasteiger partial charge in [-0.1, -0.05) is 42.5 Å². The molecule has 1 aliphatic rings. The Morgan fingerprint density at radius 1 is 0.730 bits per heavy atom. The molecule has 3 aromatic carbocycles. The SMILES string of the molecule is Cl.Cl.OC(CSc1ccccc1)CN1CCN(CCCC(c2ccc(F)cc2)c2ccc(F)cc2)CC1. The monoisotopic (exact) mass is 568 g/mol. The van der Waals surface area contributed by atoms with Gasteiger partial charge < -0.3 is 10.0 Å². The van der Waals surface area contributed by atoms with E-state index in [1.54, 1.807) is 11.8 Å². The number of halogens is 4. The number of aliphatic hydroxyl groups is 1. The van der Waals surface area contributed by atoms with E-state index in [9.17, 15) is 13.9 Å². The molecule has 37 heavy (non-hydrogen) atoms. The zero-order valence-corrected chi connectivity index (χ0v) is 23.3. The second kappa shape index (κ2) is 16.3. The van der Waals surface area contributed by atoms with Crippen LogP contribution < -0.4 is 0 Å². The van der Waals surface area contributed by atoms with Gasteiger partial charge in [-0.25, -0.2) is 8.78 Å². The Hall–Kier alpha value is -1.67. The summed E-state index contributed by atoms with van der Waals surface area (Å²) >= 11 is 1.70. The van der Waals surface area contributed by atoms with Gasteiger partial charge >= 0.3 is 0 Å². The van der Waals surface area contributed by atoms with Crippen molar-refractivity contribution in [2.45, 2.75) is 29.8 Å². The number of nitrogens with zero attached hydrogens (tertiary/aromatic N) is 2. The third-order valence-corrected chi connectivity index (χ3v) is 7.79. The third-order valence-electron chi connectivity index (χ3n) is 6.63. The minimum absolute atomic E-state index is 0. The zero-order valence-electron chi connectivity index (χ0n) is 20.8. The van der Waals surface area contributed by atoms with E-state index in [0.717, 1.165) is 56.7 Å². The van der Waals surface area contributed by atoms with E-state index in [1.165, 1.54) is 29.2 Å². The van der Waals surface area contributed by atoms with Crippen LogP contribution >= 0.6 is 36.6 Å². The van der Waals surface area contributed by atoms with E-state index in [1.807, 2.05) is 42.5 Å². The molecular weight excluding hydrogens is 533 g/mol. The highest BCUT2D eigenvalue weighted by molar-refractivity contribution is 7.99. The molecule has 3 aromatic rings. The molecule has 1 heterocycles. The lowest BCUT2D eigenvalue weighted by atomic mass is 9.87. The highest BCUT2D eigenvalue weighted by Gasteiger charge is 2.20. The van der Waals surface area contributed by atoms with Crippen LogP contribution in [0.4, 0.5) is 8.78 Å². The van der Waals surface area contributed by atoms with Gasteiger partial charge in [-0.15, -0.1) is 36.6 Å². The maximum Gasteiger partial charge on any atom is 0.123 e.